The highest BCUT2D eigenvalue weighted by Gasteiger charge is 2.37. The normalized spacial score (nSPS) is 15.1. The van der Waals surface area contributed by atoms with Crippen molar-refractivity contribution < 1.29 is 17.9 Å². The van der Waals surface area contributed by atoms with Crippen molar-refractivity contribution in [1.82, 2.24) is 13.9 Å². The van der Waals surface area contributed by atoms with Crippen molar-refractivity contribution in [1.29, 1.82) is 5.26 Å². The first-order chi connectivity index (χ1) is 22.3. The molecule has 0 spiro atoms. The molecule has 2 heterocycles. The van der Waals surface area contributed by atoms with Crippen molar-refractivity contribution in [3.63, 3.8) is 0 Å². The minimum atomic E-state index is -3.96. The van der Waals surface area contributed by atoms with Crippen LogP contribution in [0.25, 0.3) is 0 Å². The first kappa shape index (κ1) is 30.9. The second-order valence-corrected chi connectivity index (χ2v) is 13.2. The quantitative estimate of drug-likeness (QED) is 0.195. The first-order valence-electron chi connectivity index (χ1n) is 15.0. The van der Waals surface area contributed by atoms with Gasteiger partial charge in [0.2, 0.25) is 10.0 Å². The van der Waals surface area contributed by atoms with Crippen LogP contribution in [-0.4, -0.2) is 42.0 Å². The summed E-state index contributed by atoms with van der Waals surface area (Å²) in [5.41, 5.74) is 5.19. The van der Waals surface area contributed by atoms with Gasteiger partial charge in [-0.1, -0.05) is 42.5 Å². The number of methoxy groups -OCH3 is 1. The molecule has 0 fully saturated rings. The predicted molar refractivity (Wildman–Crippen MR) is 176 cm³/mol. The number of nitrogens with zero attached hydrogens (tertiary/aromatic N) is 5. The Morgan fingerprint density at radius 3 is 2.35 bits per heavy atom. The van der Waals surface area contributed by atoms with Crippen LogP contribution in [-0.2, 0) is 43.2 Å². The Bertz CT molecular complexity index is 1940. The Labute approximate surface area is 269 Å². The zero-order chi connectivity index (χ0) is 32.1. The summed E-state index contributed by atoms with van der Waals surface area (Å²) in [5, 5.41) is 9.72. The number of aryl methyl sites for hydroxylation is 1. The maximum atomic E-state index is 14.4. The van der Waals surface area contributed by atoms with E-state index in [1.165, 1.54) is 0 Å². The number of benzene rings is 4. The van der Waals surface area contributed by atoms with Gasteiger partial charge in [-0.15, -0.1) is 0 Å². The van der Waals surface area contributed by atoms with Gasteiger partial charge in [0, 0.05) is 38.1 Å². The Kier molecular flexibility index (Phi) is 9.06. The first-order valence-corrected chi connectivity index (χ1v) is 16.4. The summed E-state index contributed by atoms with van der Waals surface area (Å²) in [6.45, 7) is 1.52. The monoisotopic (exact) mass is 633 g/mol. The highest BCUT2D eigenvalue weighted by atomic mass is 32.2. The third kappa shape index (κ3) is 6.76. The van der Waals surface area contributed by atoms with Crippen molar-refractivity contribution >= 4 is 15.7 Å². The van der Waals surface area contributed by atoms with Gasteiger partial charge in [0.05, 0.1) is 42.2 Å². The fourth-order valence-electron chi connectivity index (χ4n) is 5.78. The van der Waals surface area contributed by atoms with Crippen LogP contribution in [0.15, 0.2) is 114 Å². The molecule has 0 saturated heterocycles. The zero-order valence-corrected chi connectivity index (χ0v) is 26.6. The average molecular weight is 634 g/mol. The van der Waals surface area contributed by atoms with Gasteiger partial charge < -0.3 is 18.9 Å². The molecule has 10 heteroatoms. The number of sulfonamides is 1. The third-order valence-corrected chi connectivity index (χ3v) is 10.2. The summed E-state index contributed by atoms with van der Waals surface area (Å²) >= 11 is 0. The Hall–Kier alpha value is -5.11. The maximum absolute atomic E-state index is 14.4. The van der Waals surface area contributed by atoms with Crippen molar-refractivity contribution in [2.75, 3.05) is 18.6 Å². The van der Waals surface area contributed by atoms with E-state index in [1.807, 2.05) is 78.5 Å². The van der Waals surface area contributed by atoms with Crippen LogP contribution in [0.1, 0.15) is 27.9 Å². The molecule has 0 unspecified atom stereocenters. The number of fused-ring (bicyclic) bond motifs is 1. The van der Waals surface area contributed by atoms with Gasteiger partial charge in [0.15, 0.2) is 0 Å². The van der Waals surface area contributed by atoms with Crippen molar-refractivity contribution in [3.05, 3.63) is 138 Å². The molecule has 46 heavy (non-hydrogen) atoms. The molecule has 1 aliphatic rings. The van der Waals surface area contributed by atoms with Gasteiger partial charge in [-0.05, 0) is 77.7 Å². The van der Waals surface area contributed by atoms with E-state index in [1.54, 1.807) is 54.1 Å². The molecule has 1 atom stereocenters. The van der Waals surface area contributed by atoms with Crippen LogP contribution in [0, 0.1) is 11.3 Å². The number of aromatic nitrogens is 2. The molecule has 9 nitrogen and oxygen atoms in total. The number of imidazole rings is 1. The fourth-order valence-corrected chi connectivity index (χ4v) is 7.37. The number of nitriles is 1. The number of rotatable bonds is 10. The van der Waals surface area contributed by atoms with Crippen LogP contribution in [0.3, 0.4) is 0 Å². The van der Waals surface area contributed by atoms with E-state index < -0.39 is 16.1 Å². The van der Waals surface area contributed by atoms with E-state index in [-0.39, 0.29) is 11.4 Å². The van der Waals surface area contributed by atoms with Gasteiger partial charge >= 0.3 is 0 Å². The van der Waals surface area contributed by atoms with Crippen LogP contribution >= 0.6 is 0 Å². The third-order valence-electron chi connectivity index (χ3n) is 8.29. The molecule has 0 amide bonds. The highest BCUT2D eigenvalue weighted by molar-refractivity contribution is 7.89. The molecular weight excluding hydrogens is 598 g/mol. The van der Waals surface area contributed by atoms with Crippen LogP contribution in [0.2, 0.25) is 0 Å². The SMILES string of the molecule is COc1ccc(S(=O)(=O)N2Cc3cc(C#N)ccc3N(Cc3cncn3C)C[C@H]2Cc2ccc(OCc3ccccc3)cc2)cc1. The Balaban J connectivity index is 1.36. The summed E-state index contributed by atoms with van der Waals surface area (Å²) < 4.78 is 43.7. The Morgan fingerprint density at radius 2 is 1.67 bits per heavy atom. The number of anilines is 1. The molecule has 6 rings (SSSR count). The van der Waals surface area contributed by atoms with Gasteiger partial charge in [-0.3, -0.25) is 0 Å². The van der Waals surface area contributed by atoms with E-state index in [4.69, 9.17) is 9.47 Å². The molecule has 0 N–H and O–H groups in total. The summed E-state index contributed by atoms with van der Waals surface area (Å²) in [6, 6.07) is 31.6. The molecule has 1 aliphatic heterocycles. The molecule has 4 aromatic carbocycles. The van der Waals surface area contributed by atoms with E-state index in [0.717, 1.165) is 33.8 Å². The molecule has 0 bridgehead atoms. The van der Waals surface area contributed by atoms with Crippen molar-refractivity contribution in [3.8, 4) is 17.6 Å². The Morgan fingerprint density at radius 1 is 0.935 bits per heavy atom. The van der Waals surface area contributed by atoms with Crippen LogP contribution in [0.5, 0.6) is 11.5 Å². The molecule has 1 aromatic heterocycles. The minimum Gasteiger partial charge on any atom is -0.497 e. The lowest BCUT2D eigenvalue weighted by Crippen LogP contribution is -2.45. The molecule has 234 valence electrons. The maximum Gasteiger partial charge on any atom is 0.243 e. The van der Waals surface area contributed by atoms with Crippen molar-refractivity contribution in [2.24, 2.45) is 7.05 Å². The zero-order valence-electron chi connectivity index (χ0n) is 25.8. The number of ether oxygens (including phenoxy) is 2. The van der Waals surface area contributed by atoms with Gasteiger partial charge in [-0.2, -0.15) is 9.57 Å². The fraction of sp³-hybridized carbons (Fsp3) is 0.222. The lowest BCUT2D eigenvalue weighted by Gasteiger charge is -2.32. The van der Waals surface area contributed by atoms with E-state index in [0.29, 0.717) is 37.4 Å². The van der Waals surface area contributed by atoms with E-state index >= 15 is 0 Å². The second kappa shape index (κ2) is 13.5. The molecule has 5 aromatic rings. The topological polar surface area (TPSA) is 101 Å². The van der Waals surface area contributed by atoms with E-state index in [9.17, 15) is 13.7 Å². The molecule has 0 radical (unpaired) electrons. The molecule has 0 saturated carbocycles. The van der Waals surface area contributed by atoms with Gasteiger partial charge in [-0.25, -0.2) is 13.4 Å². The predicted octanol–water partition coefficient (Wildman–Crippen LogP) is 5.70. The summed E-state index contributed by atoms with van der Waals surface area (Å²) in [7, 11) is -0.465. The number of hydrogen-bond acceptors (Lipinski definition) is 7. The standard InChI is InChI=1S/C36H35N5O4S/c1-39-26-38-21-32(39)24-40-23-31(19-27-8-11-34(12-9-27)45-25-28-6-4-3-5-7-28)41(22-30-18-29(20-37)10-17-36(30)40)46(42,43)35-15-13-33(44-2)14-16-35/h3-18,21,26,31H,19,22-25H2,1-2H3/t31-/m1/s1. The largest absolute Gasteiger partial charge is 0.497 e. The van der Waals surface area contributed by atoms with Gasteiger partial charge in [0.25, 0.3) is 0 Å². The number of hydrogen-bond donors (Lipinski definition) is 0. The molecule has 0 aliphatic carbocycles. The second-order valence-electron chi connectivity index (χ2n) is 11.3. The molecular formula is C36H35N5O4S. The summed E-state index contributed by atoms with van der Waals surface area (Å²) in [6.07, 6.45) is 4.05. The summed E-state index contributed by atoms with van der Waals surface area (Å²) in [5.74, 6) is 1.32. The minimum absolute atomic E-state index is 0.115. The van der Waals surface area contributed by atoms with E-state index in [2.05, 4.69) is 16.0 Å². The average Bonchev–Trinajstić information content (AvgIpc) is 3.42. The lowest BCUT2D eigenvalue weighted by molar-refractivity contribution is 0.305. The smallest absolute Gasteiger partial charge is 0.243 e. The van der Waals surface area contributed by atoms with Crippen molar-refractivity contribution in [2.45, 2.75) is 37.1 Å². The summed E-state index contributed by atoms with van der Waals surface area (Å²) in [4.78, 5) is 6.67. The van der Waals surface area contributed by atoms with Crippen LogP contribution < -0.4 is 14.4 Å². The highest BCUT2D eigenvalue weighted by Crippen LogP contribution is 2.34. The van der Waals surface area contributed by atoms with Crippen LogP contribution in [0.4, 0.5) is 5.69 Å². The van der Waals surface area contributed by atoms with Gasteiger partial charge in [0.1, 0.15) is 18.1 Å². The lowest BCUT2D eigenvalue weighted by atomic mass is 10.1.